The maximum atomic E-state index is 10.5. The van der Waals surface area contributed by atoms with E-state index < -0.39 is 5.60 Å². The number of nitrogens with zero attached hydrogens (tertiary/aromatic N) is 2. The number of aliphatic hydroxyl groups is 1. The Balaban J connectivity index is 2.23. The highest BCUT2D eigenvalue weighted by atomic mass is 35.5. The minimum absolute atomic E-state index is 0.509. The average Bonchev–Trinajstić information content (AvgIpc) is 2.68. The maximum Gasteiger partial charge on any atom is 0.140 e. The van der Waals surface area contributed by atoms with Gasteiger partial charge in [-0.1, -0.05) is 23.7 Å². The lowest BCUT2D eigenvalue weighted by Gasteiger charge is -2.22. The van der Waals surface area contributed by atoms with Crippen molar-refractivity contribution in [3.63, 3.8) is 0 Å². The first kappa shape index (κ1) is 12.1. The number of aryl methyl sites for hydroxylation is 1. The molecule has 0 fully saturated rings. The fraction of sp³-hybridized carbons (Fsp3) is 0.308. The lowest BCUT2D eigenvalue weighted by molar-refractivity contribution is 0.0453. The van der Waals surface area contributed by atoms with Gasteiger partial charge in [-0.2, -0.15) is 0 Å². The van der Waals surface area contributed by atoms with Gasteiger partial charge in [-0.3, -0.25) is 0 Å². The quantitative estimate of drug-likeness (QED) is 0.909. The van der Waals surface area contributed by atoms with E-state index in [1.54, 1.807) is 13.1 Å². The zero-order valence-corrected chi connectivity index (χ0v) is 10.6. The molecule has 1 unspecified atom stereocenters. The van der Waals surface area contributed by atoms with Gasteiger partial charge in [0.05, 0.1) is 0 Å². The second kappa shape index (κ2) is 4.51. The smallest absolute Gasteiger partial charge is 0.140 e. The molecule has 1 atom stereocenters. The summed E-state index contributed by atoms with van der Waals surface area (Å²) in [5.41, 5.74) is 0.0499. The van der Waals surface area contributed by atoms with Gasteiger partial charge in [0.1, 0.15) is 11.4 Å². The third-order valence-corrected chi connectivity index (χ3v) is 3.02. The van der Waals surface area contributed by atoms with E-state index in [0.29, 0.717) is 17.3 Å². The fourth-order valence-corrected chi connectivity index (χ4v) is 2.09. The summed E-state index contributed by atoms with van der Waals surface area (Å²) in [5, 5.41) is 11.2. The van der Waals surface area contributed by atoms with Crippen LogP contribution in [0.4, 0.5) is 0 Å². The molecule has 2 aromatic rings. The normalized spacial score (nSPS) is 14.6. The molecular weight excluding hydrogens is 236 g/mol. The third kappa shape index (κ3) is 2.68. The Morgan fingerprint density at radius 3 is 2.53 bits per heavy atom. The van der Waals surface area contributed by atoms with Crippen molar-refractivity contribution in [1.29, 1.82) is 0 Å². The average molecular weight is 251 g/mol. The van der Waals surface area contributed by atoms with Gasteiger partial charge in [-0.25, -0.2) is 4.98 Å². The molecule has 1 aromatic heterocycles. The zero-order valence-electron chi connectivity index (χ0n) is 9.89. The van der Waals surface area contributed by atoms with E-state index in [9.17, 15) is 5.11 Å². The van der Waals surface area contributed by atoms with Gasteiger partial charge < -0.3 is 9.67 Å². The van der Waals surface area contributed by atoms with Crippen molar-refractivity contribution in [1.82, 2.24) is 9.55 Å². The highest BCUT2D eigenvalue weighted by Gasteiger charge is 2.27. The highest BCUT2D eigenvalue weighted by molar-refractivity contribution is 6.30. The van der Waals surface area contributed by atoms with Crippen molar-refractivity contribution in [3.8, 4) is 0 Å². The van der Waals surface area contributed by atoms with Gasteiger partial charge in [-0.15, -0.1) is 0 Å². The molecule has 4 heteroatoms. The first-order valence-electron chi connectivity index (χ1n) is 5.44. The number of rotatable bonds is 3. The first-order chi connectivity index (χ1) is 7.99. The summed E-state index contributed by atoms with van der Waals surface area (Å²) in [6, 6.07) is 7.48. The summed E-state index contributed by atoms with van der Waals surface area (Å²) in [6.07, 6.45) is 4.02. The summed E-state index contributed by atoms with van der Waals surface area (Å²) in [5.74, 6) is 0.660. The Bertz CT molecular complexity index is 502. The predicted molar refractivity (Wildman–Crippen MR) is 67.9 cm³/mol. The van der Waals surface area contributed by atoms with Crippen LogP contribution in [-0.2, 0) is 19.1 Å². The topological polar surface area (TPSA) is 38.0 Å². The molecule has 1 heterocycles. The van der Waals surface area contributed by atoms with E-state index in [1.807, 2.05) is 42.1 Å². The molecule has 0 amide bonds. The van der Waals surface area contributed by atoms with Crippen LogP contribution in [0.2, 0.25) is 5.02 Å². The van der Waals surface area contributed by atoms with Crippen LogP contribution in [0.25, 0.3) is 0 Å². The van der Waals surface area contributed by atoms with Crippen LogP contribution < -0.4 is 0 Å². The van der Waals surface area contributed by atoms with E-state index in [0.717, 1.165) is 5.56 Å². The molecule has 0 aliphatic carbocycles. The Morgan fingerprint density at radius 2 is 2.00 bits per heavy atom. The maximum absolute atomic E-state index is 10.5. The summed E-state index contributed by atoms with van der Waals surface area (Å²) < 4.78 is 1.83. The molecule has 90 valence electrons. The minimum atomic E-state index is -0.980. The number of hydrogen-bond acceptors (Lipinski definition) is 2. The molecular formula is C13H15ClN2O. The van der Waals surface area contributed by atoms with Gasteiger partial charge >= 0.3 is 0 Å². The van der Waals surface area contributed by atoms with E-state index >= 15 is 0 Å². The second-order valence-corrected chi connectivity index (χ2v) is 4.88. The number of halogens is 1. The van der Waals surface area contributed by atoms with Crippen LogP contribution >= 0.6 is 11.6 Å². The van der Waals surface area contributed by atoms with Crippen LogP contribution in [0.5, 0.6) is 0 Å². The first-order valence-corrected chi connectivity index (χ1v) is 5.81. The summed E-state index contributed by atoms with van der Waals surface area (Å²) in [6.45, 7) is 1.77. The summed E-state index contributed by atoms with van der Waals surface area (Å²) in [7, 11) is 1.87. The molecule has 0 spiro atoms. The number of hydrogen-bond donors (Lipinski definition) is 1. The van der Waals surface area contributed by atoms with Crippen molar-refractivity contribution in [2.24, 2.45) is 7.05 Å². The van der Waals surface area contributed by atoms with Gasteiger partial charge in [0.15, 0.2) is 0 Å². The standard InChI is InChI=1S/C13H15ClN2O/c1-13(17,12-15-7-8-16(12)2)9-10-3-5-11(14)6-4-10/h3-8,17H,9H2,1-2H3. The van der Waals surface area contributed by atoms with Crippen LogP contribution in [0.15, 0.2) is 36.7 Å². The van der Waals surface area contributed by atoms with Gasteiger partial charge in [-0.05, 0) is 24.6 Å². The van der Waals surface area contributed by atoms with Gasteiger partial charge in [0.2, 0.25) is 0 Å². The minimum Gasteiger partial charge on any atom is -0.382 e. The monoisotopic (exact) mass is 250 g/mol. The fourth-order valence-electron chi connectivity index (χ4n) is 1.96. The zero-order chi connectivity index (χ0) is 12.5. The molecule has 0 saturated carbocycles. The lowest BCUT2D eigenvalue weighted by Crippen LogP contribution is -2.28. The summed E-state index contributed by atoms with van der Waals surface area (Å²) in [4.78, 5) is 4.19. The van der Waals surface area contributed by atoms with E-state index in [1.165, 1.54) is 0 Å². The molecule has 17 heavy (non-hydrogen) atoms. The predicted octanol–water partition coefficient (Wildman–Crippen LogP) is 2.52. The SMILES string of the molecule is Cn1ccnc1C(C)(O)Cc1ccc(Cl)cc1. The molecule has 1 N–H and O–H groups in total. The Kier molecular flexibility index (Phi) is 3.22. The molecule has 2 rings (SSSR count). The Labute approximate surface area is 106 Å². The molecule has 0 bridgehead atoms. The van der Waals surface area contributed by atoms with Gasteiger partial charge in [0, 0.05) is 30.9 Å². The van der Waals surface area contributed by atoms with E-state index in [-0.39, 0.29) is 0 Å². The molecule has 0 radical (unpaired) electrons. The van der Waals surface area contributed by atoms with Crippen molar-refractivity contribution in [2.75, 3.05) is 0 Å². The third-order valence-electron chi connectivity index (χ3n) is 2.76. The molecule has 0 aliphatic rings. The molecule has 1 aromatic carbocycles. The molecule has 0 aliphatic heterocycles. The van der Waals surface area contributed by atoms with Crippen molar-refractivity contribution in [2.45, 2.75) is 18.9 Å². The highest BCUT2D eigenvalue weighted by Crippen LogP contribution is 2.24. The van der Waals surface area contributed by atoms with Gasteiger partial charge in [0.25, 0.3) is 0 Å². The van der Waals surface area contributed by atoms with Crippen LogP contribution in [-0.4, -0.2) is 14.7 Å². The van der Waals surface area contributed by atoms with Crippen LogP contribution in [0.1, 0.15) is 18.3 Å². The molecule has 3 nitrogen and oxygen atoms in total. The van der Waals surface area contributed by atoms with Crippen molar-refractivity contribution in [3.05, 3.63) is 53.1 Å². The van der Waals surface area contributed by atoms with Crippen molar-refractivity contribution >= 4 is 11.6 Å². The lowest BCUT2D eigenvalue weighted by atomic mass is 9.96. The van der Waals surface area contributed by atoms with E-state index in [4.69, 9.17) is 11.6 Å². The second-order valence-electron chi connectivity index (χ2n) is 4.44. The molecule has 0 saturated heterocycles. The largest absolute Gasteiger partial charge is 0.382 e. The van der Waals surface area contributed by atoms with Crippen LogP contribution in [0.3, 0.4) is 0 Å². The summed E-state index contributed by atoms with van der Waals surface area (Å²) >= 11 is 5.83. The van der Waals surface area contributed by atoms with Crippen molar-refractivity contribution < 1.29 is 5.11 Å². The van der Waals surface area contributed by atoms with Crippen LogP contribution in [0, 0.1) is 0 Å². The number of aromatic nitrogens is 2. The Hall–Kier alpha value is -1.32. The number of imidazole rings is 1. The van der Waals surface area contributed by atoms with E-state index in [2.05, 4.69) is 4.98 Å². The number of benzene rings is 1. The Morgan fingerprint density at radius 1 is 1.35 bits per heavy atom.